The molecular weight excluding hydrogens is 180 g/mol. The average Bonchev–Trinajstić information content (AvgIpc) is 2.20. The van der Waals surface area contributed by atoms with Crippen LogP contribution in [0.5, 0.6) is 0 Å². The monoisotopic (exact) mass is 202 g/mol. The van der Waals surface area contributed by atoms with Gasteiger partial charge in [-0.15, -0.1) is 0 Å². The van der Waals surface area contributed by atoms with E-state index in [1.54, 1.807) is 0 Å². The molecule has 0 aliphatic heterocycles. The molecule has 0 saturated carbocycles. The van der Waals surface area contributed by atoms with Crippen molar-refractivity contribution in [1.29, 1.82) is 0 Å². The van der Waals surface area contributed by atoms with E-state index in [1.807, 2.05) is 6.92 Å². The van der Waals surface area contributed by atoms with Gasteiger partial charge in [-0.25, -0.2) is 4.79 Å². The molecular formula is C10H22N2O2. The number of urea groups is 1. The highest BCUT2D eigenvalue weighted by molar-refractivity contribution is 5.73. The maximum atomic E-state index is 11.0. The summed E-state index contributed by atoms with van der Waals surface area (Å²) in [4.78, 5) is 11.0. The normalized spacial score (nSPS) is 9.86. The first-order valence-corrected chi connectivity index (χ1v) is 5.43. The van der Waals surface area contributed by atoms with Crippen molar-refractivity contribution in [3.05, 3.63) is 0 Å². The zero-order valence-electron chi connectivity index (χ0n) is 9.01. The van der Waals surface area contributed by atoms with Crippen molar-refractivity contribution >= 4 is 6.03 Å². The molecule has 0 aromatic carbocycles. The highest BCUT2D eigenvalue weighted by atomic mass is 16.2. The van der Waals surface area contributed by atoms with Crippen molar-refractivity contribution in [3.63, 3.8) is 0 Å². The van der Waals surface area contributed by atoms with Crippen LogP contribution in [0.1, 0.15) is 39.0 Å². The summed E-state index contributed by atoms with van der Waals surface area (Å²) in [6.45, 7) is 3.75. The number of aliphatic hydroxyl groups excluding tert-OH is 1. The molecule has 0 saturated heterocycles. The first-order chi connectivity index (χ1) is 6.81. The molecule has 0 unspecified atom stereocenters. The molecule has 0 aliphatic carbocycles. The summed E-state index contributed by atoms with van der Waals surface area (Å²) in [6.07, 6.45) is 4.91. The smallest absolute Gasteiger partial charge is 0.314 e. The third kappa shape index (κ3) is 9.32. The number of hydrogen-bond acceptors (Lipinski definition) is 2. The Kier molecular flexibility index (Phi) is 9.74. The van der Waals surface area contributed by atoms with Crippen LogP contribution >= 0.6 is 0 Å². The first-order valence-electron chi connectivity index (χ1n) is 5.43. The Morgan fingerprint density at radius 2 is 1.71 bits per heavy atom. The summed E-state index contributed by atoms with van der Waals surface area (Å²) in [6, 6.07) is -0.0750. The Balaban J connectivity index is 3.07. The van der Waals surface area contributed by atoms with E-state index in [9.17, 15) is 4.79 Å². The van der Waals surface area contributed by atoms with Gasteiger partial charge in [0, 0.05) is 19.7 Å². The molecule has 0 spiro atoms. The summed E-state index contributed by atoms with van der Waals surface area (Å²) >= 11 is 0. The number of aliphatic hydroxyl groups is 1. The minimum atomic E-state index is -0.0750. The van der Waals surface area contributed by atoms with Gasteiger partial charge in [0.25, 0.3) is 0 Å². The summed E-state index contributed by atoms with van der Waals surface area (Å²) in [5, 5.41) is 14.1. The van der Waals surface area contributed by atoms with Crippen molar-refractivity contribution in [2.24, 2.45) is 0 Å². The Hall–Kier alpha value is -0.770. The Bertz CT molecular complexity index is 140. The minimum Gasteiger partial charge on any atom is -0.396 e. The van der Waals surface area contributed by atoms with Gasteiger partial charge in [0.05, 0.1) is 0 Å². The van der Waals surface area contributed by atoms with E-state index in [0.717, 1.165) is 45.2 Å². The quantitative estimate of drug-likeness (QED) is 0.519. The van der Waals surface area contributed by atoms with Gasteiger partial charge in [-0.2, -0.15) is 0 Å². The molecule has 0 rings (SSSR count). The molecule has 3 N–H and O–H groups in total. The summed E-state index contributed by atoms with van der Waals surface area (Å²) in [5.41, 5.74) is 0. The predicted octanol–water partition coefficient (Wildman–Crippen LogP) is 1.25. The average molecular weight is 202 g/mol. The predicted molar refractivity (Wildman–Crippen MR) is 57.2 cm³/mol. The maximum absolute atomic E-state index is 11.0. The zero-order valence-corrected chi connectivity index (χ0v) is 9.01. The van der Waals surface area contributed by atoms with Crippen molar-refractivity contribution < 1.29 is 9.90 Å². The SMILES string of the molecule is CCCNC(=O)NCCCCCCO. The number of amides is 2. The van der Waals surface area contributed by atoms with Gasteiger partial charge in [0.1, 0.15) is 0 Å². The lowest BCUT2D eigenvalue weighted by Gasteiger charge is -2.05. The van der Waals surface area contributed by atoms with Crippen LogP contribution in [0, 0.1) is 0 Å². The van der Waals surface area contributed by atoms with Gasteiger partial charge < -0.3 is 15.7 Å². The lowest BCUT2D eigenvalue weighted by Crippen LogP contribution is -2.36. The third-order valence-electron chi connectivity index (χ3n) is 1.91. The number of rotatable bonds is 8. The largest absolute Gasteiger partial charge is 0.396 e. The molecule has 2 amide bonds. The van der Waals surface area contributed by atoms with Gasteiger partial charge in [-0.1, -0.05) is 19.8 Å². The van der Waals surface area contributed by atoms with Gasteiger partial charge >= 0.3 is 6.03 Å². The molecule has 0 aromatic rings. The molecule has 4 heteroatoms. The van der Waals surface area contributed by atoms with Crippen LogP contribution in [0.4, 0.5) is 4.79 Å². The molecule has 0 fully saturated rings. The topological polar surface area (TPSA) is 61.4 Å². The van der Waals surface area contributed by atoms with E-state index in [1.165, 1.54) is 0 Å². The van der Waals surface area contributed by atoms with Crippen LogP contribution in [0.3, 0.4) is 0 Å². The summed E-state index contributed by atoms with van der Waals surface area (Å²) < 4.78 is 0. The highest BCUT2D eigenvalue weighted by Gasteiger charge is 1.96. The third-order valence-corrected chi connectivity index (χ3v) is 1.91. The molecule has 84 valence electrons. The molecule has 4 nitrogen and oxygen atoms in total. The van der Waals surface area contributed by atoms with Gasteiger partial charge in [-0.05, 0) is 19.3 Å². The molecule has 0 aliphatic rings. The van der Waals surface area contributed by atoms with Gasteiger partial charge in [-0.3, -0.25) is 0 Å². The molecule has 0 heterocycles. The van der Waals surface area contributed by atoms with Crippen LogP contribution in [0.15, 0.2) is 0 Å². The van der Waals surface area contributed by atoms with E-state index in [0.29, 0.717) is 0 Å². The van der Waals surface area contributed by atoms with Gasteiger partial charge in [0.2, 0.25) is 0 Å². The minimum absolute atomic E-state index is 0.0750. The molecule has 14 heavy (non-hydrogen) atoms. The van der Waals surface area contributed by atoms with Crippen molar-refractivity contribution in [3.8, 4) is 0 Å². The van der Waals surface area contributed by atoms with E-state index in [-0.39, 0.29) is 12.6 Å². The number of carbonyl (C=O) groups excluding carboxylic acids is 1. The van der Waals surface area contributed by atoms with E-state index < -0.39 is 0 Å². The first kappa shape index (κ1) is 13.2. The highest BCUT2D eigenvalue weighted by Crippen LogP contribution is 1.97. The molecule has 0 bridgehead atoms. The Morgan fingerprint density at radius 1 is 1.07 bits per heavy atom. The maximum Gasteiger partial charge on any atom is 0.314 e. The van der Waals surface area contributed by atoms with E-state index in [2.05, 4.69) is 10.6 Å². The number of nitrogens with one attached hydrogen (secondary N) is 2. The van der Waals surface area contributed by atoms with Crippen molar-refractivity contribution in [2.75, 3.05) is 19.7 Å². The summed E-state index contributed by atoms with van der Waals surface area (Å²) in [7, 11) is 0. The van der Waals surface area contributed by atoms with E-state index in [4.69, 9.17) is 5.11 Å². The second-order valence-corrected chi connectivity index (χ2v) is 3.32. The van der Waals surface area contributed by atoms with Crippen LogP contribution in [-0.4, -0.2) is 30.8 Å². The van der Waals surface area contributed by atoms with Crippen molar-refractivity contribution in [1.82, 2.24) is 10.6 Å². The van der Waals surface area contributed by atoms with Crippen LogP contribution in [-0.2, 0) is 0 Å². The molecule has 0 radical (unpaired) electrons. The second kappa shape index (κ2) is 10.3. The van der Waals surface area contributed by atoms with Crippen molar-refractivity contribution in [2.45, 2.75) is 39.0 Å². The summed E-state index contributed by atoms with van der Waals surface area (Å²) in [5.74, 6) is 0. The van der Waals surface area contributed by atoms with Crippen LogP contribution in [0.25, 0.3) is 0 Å². The van der Waals surface area contributed by atoms with E-state index >= 15 is 0 Å². The Labute approximate surface area is 86.1 Å². The molecule has 0 atom stereocenters. The van der Waals surface area contributed by atoms with Gasteiger partial charge in [0.15, 0.2) is 0 Å². The fourth-order valence-corrected chi connectivity index (χ4v) is 1.09. The standard InChI is InChI=1S/C10H22N2O2/c1-2-7-11-10(14)12-8-5-3-4-6-9-13/h13H,2-9H2,1H3,(H2,11,12,14). The fourth-order valence-electron chi connectivity index (χ4n) is 1.09. The number of carbonyl (C=O) groups is 1. The Morgan fingerprint density at radius 3 is 2.36 bits per heavy atom. The fraction of sp³-hybridized carbons (Fsp3) is 0.900. The second-order valence-electron chi connectivity index (χ2n) is 3.32. The van der Waals surface area contributed by atoms with Crippen LogP contribution in [0.2, 0.25) is 0 Å². The lowest BCUT2D eigenvalue weighted by atomic mass is 10.2. The zero-order chi connectivity index (χ0) is 10.6. The van der Waals surface area contributed by atoms with Crippen LogP contribution < -0.4 is 10.6 Å². The molecule has 0 aromatic heterocycles. The number of unbranched alkanes of at least 4 members (excludes halogenated alkanes) is 3. The lowest BCUT2D eigenvalue weighted by molar-refractivity contribution is 0.240. The number of hydrogen-bond donors (Lipinski definition) is 3.